The van der Waals surface area contributed by atoms with E-state index in [0.29, 0.717) is 0 Å². The minimum atomic E-state index is -0.00347. The van der Waals surface area contributed by atoms with E-state index in [0.717, 1.165) is 0 Å². The Hall–Kier alpha value is -0.0800. The average molecular weight is 157 g/mol. The van der Waals surface area contributed by atoms with Gasteiger partial charge in [0.25, 0.3) is 0 Å². The van der Waals surface area contributed by atoms with E-state index in [9.17, 15) is 0 Å². The number of rotatable bonds is 2. The minimum absolute atomic E-state index is 0.00347. The molecule has 0 bridgehead atoms. The Morgan fingerprint density at radius 2 is 1.64 bits per heavy atom. The summed E-state index contributed by atoms with van der Waals surface area (Å²) in [5.41, 5.74) is -0.00347. The summed E-state index contributed by atoms with van der Waals surface area (Å²) in [5.74, 6) is 0. The van der Waals surface area contributed by atoms with E-state index in [2.05, 4.69) is 5.32 Å². The van der Waals surface area contributed by atoms with Crippen molar-refractivity contribution in [2.75, 3.05) is 14.2 Å². The van der Waals surface area contributed by atoms with E-state index in [1.807, 2.05) is 14.2 Å². The zero-order valence-electron chi connectivity index (χ0n) is 7.65. The highest BCUT2D eigenvalue weighted by atomic mass is 16.5. The molecule has 0 spiro atoms. The van der Waals surface area contributed by atoms with E-state index in [1.165, 1.54) is 38.5 Å². The summed E-state index contributed by atoms with van der Waals surface area (Å²) in [6.07, 6.45) is 7.67. The van der Waals surface area contributed by atoms with Crippen LogP contribution in [0.4, 0.5) is 0 Å². The van der Waals surface area contributed by atoms with Gasteiger partial charge < -0.3 is 4.74 Å². The molecule has 1 N–H and O–H groups in total. The van der Waals surface area contributed by atoms with E-state index in [1.54, 1.807) is 0 Å². The summed E-state index contributed by atoms with van der Waals surface area (Å²) in [6.45, 7) is 0. The SMILES string of the molecule is CNC1(OC)CCCCCC1. The molecule has 0 amide bonds. The molecule has 11 heavy (non-hydrogen) atoms. The second kappa shape index (κ2) is 4.07. The zero-order valence-corrected chi connectivity index (χ0v) is 7.65. The normalized spacial score (nSPS) is 24.5. The van der Waals surface area contributed by atoms with Crippen molar-refractivity contribution in [2.24, 2.45) is 0 Å². The van der Waals surface area contributed by atoms with Crippen LogP contribution in [-0.2, 0) is 4.74 Å². The predicted octanol–water partition coefficient (Wildman–Crippen LogP) is 1.90. The fourth-order valence-corrected chi connectivity index (χ4v) is 1.86. The van der Waals surface area contributed by atoms with Gasteiger partial charge in [-0.05, 0) is 32.7 Å². The third-order valence-electron chi connectivity index (χ3n) is 2.76. The molecule has 0 aliphatic heterocycles. The van der Waals surface area contributed by atoms with Crippen LogP contribution in [0.2, 0.25) is 0 Å². The third kappa shape index (κ3) is 2.17. The van der Waals surface area contributed by atoms with E-state index >= 15 is 0 Å². The molecule has 0 atom stereocenters. The second-order valence-electron chi connectivity index (χ2n) is 3.36. The van der Waals surface area contributed by atoms with Crippen LogP contribution in [-0.4, -0.2) is 19.9 Å². The van der Waals surface area contributed by atoms with Gasteiger partial charge >= 0.3 is 0 Å². The van der Waals surface area contributed by atoms with Crippen molar-refractivity contribution in [3.05, 3.63) is 0 Å². The number of methoxy groups -OCH3 is 1. The van der Waals surface area contributed by atoms with Crippen molar-refractivity contribution in [2.45, 2.75) is 44.2 Å². The first-order chi connectivity index (χ1) is 5.33. The van der Waals surface area contributed by atoms with Crippen LogP contribution in [0.3, 0.4) is 0 Å². The van der Waals surface area contributed by atoms with E-state index in [-0.39, 0.29) is 5.72 Å². The van der Waals surface area contributed by atoms with Gasteiger partial charge in [-0.25, -0.2) is 0 Å². The van der Waals surface area contributed by atoms with Crippen LogP contribution in [0.1, 0.15) is 38.5 Å². The van der Waals surface area contributed by atoms with Crippen molar-refractivity contribution in [1.29, 1.82) is 0 Å². The monoisotopic (exact) mass is 157 g/mol. The predicted molar refractivity (Wildman–Crippen MR) is 46.5 cm³/mol. The van der Waals surface area contributed by atoms with Gasteiger partial charge in [-0.1, -0.05) is 12.8 Å². The van der Waals surface area contributed by atoms with E-state index < -0.39 is 0 Å². The Bertz CT molecular complexity index is 100. The lowest BCUT2D eigenvalue weighted by Gasteiger charge is -2.30. The van der Waals surface area contributed by atoms with Gasteiger partial charge in [0.1, 0.15) is 5.72 Å². The van der Waals surface area contributed by atoms with Gasteiger partial charge in [0, 0.05) is 7.11 Å². The van der Waals surface area contributed by atoms with Gasteiger partial charge in [-0.15, -0.1) is 0 Å². The molecule has 1 rings (SSSR count). The second-order valence-corrected chi connectivity index (χ2v) is 3.36. The van der Waals surface area contributed by atoms with Gasteiger partial charge in [0.15, 0.2) is 0 Å². The van der Waals surface area contributed by atoms with Crippen molar-refractivity contribution >= 4 is 0 Å². The molecular formula is C9H19NO. The Balaban J connectivity index is 2.49. The van der Waals surface area contributed by atoms with Crippen molar-refractivity contribution in [3.8, 4) is 0 Å². The van der Waals surface area contributed by atoms with Crippen LogP contribution in [0.15, 0.2) is 0 Å². The first-order valence-corrected chi connectivity index (χ1v) is 4.57. The number of hydrogen-bond donors (Lipinski definition) is 1. The van der Waals surface area contributed by atoms with Crippen molar-refractivity contribution in [3.63, 3.8) is 0 Å². The zero-order chi connectivity index (χ0) is 8.16. The molecule has 0 unspecified atom stereocenters. The fourth-order valence-electron chi connectivity index (χ4n) is 1.86. The Morgan fingerprint density at radius 3 is 2.00 bits per heavy atom. The Labute approximate surface area is 69.3 Å². The molecule has 0 aromatic carbocycles. The Morgan fingerprint density at radius 1 is 1.09 bits per heavy atom. The average Bonchev–Trinajstić information content (AvgIpc) is 2.30. The quantitative estimate of drug-likeness (QED) is 0.488. The molecule has 2 heteroatoms. The van der Waals surface area contributed by atoms with Crippen LogP contribution in [0.5, 0.6) is 0 Å². The van der Waals surface area contributed by atoms with Crippen LogP contribution >= 0.6 is 0 Å². The smallest absolute Gasteiger partial charge is 0.118 e. The van der Waals surface area contributed by atoms with Crippen LogP contribution < -0.4 is 5.32 Å². The first-order valence-electron chi connectivity index (χ1n) is 4.57. The first kappa shape index (κ1) is 9.01. The molecule has 0 heterocycles. The molecule has 66 valence electrons. The number of hydrogen-bond acceptors (Lipinski definition) is 2. The van der Waals surface area contributed by atoms with E-state index in [4.69, 9.17) is 4.74 Å². The highest BCUT2D eigenvalue weighted by Crippen LogP contribution is 2.26. The highest BCUT2D eigenvalue weighted by molar-refractivity contribution is 4.78. The van der Waals surface area contributed by atoms with Crippen LogP contribution in [0, 0.1) is 0 Å². The number of nitrogens with one attached hydrogen (secondary N) is 1. The Kier molecular flexibility index (Phi) is 3.34. The summed E-state index contributed by atoms with van der Waals surface area (Å²) in [7, 11) is 3.80. The van der Waals surface area contributed by atoms with Crippen LogP contribution in [0.25, 0.3) is 0 Å². The minimum Gasteiger partial charge on any atom is -0.364 e. The van der Waals surface area contributed by atoms with Crippen molar-refractivity contribution < 1.29 is 4.74 Å². The highest BCUT2D eigenvalue weighted by Gasteiger charge is 2.27. The lowest BCUT2D eigenvalue weighted by atomic mass is 10.1. The summed E-state index contributed by atoms with van der Waals surface area (Å²) < 4.78 is 5.50. The maximum Gasteiger partial charge on any atom is 0.118 e. The van der Waals surface area contributed by atoms with Gasteiger partial charge in [-0.3, -0.25) is 5.32 Å². The van der Waals surface area contributed by atoms with Gasteiger partial charge in [0.05, 0.1) is 0 Å². The molecule has 1 fully saturated rings. The molecule has 1 saturated carbocycles. The van der Waals surface area contributed by atoms with Crippen molar-refractivity contribution in [1.82, 2.24) is 5.32 Å². The maximum absolute atomic E-state index is 5.50. The lowest BCUT2D eigenvalue weighted by Crippen LogP contribution is -2.44. The largest absolute Gasteiger partial charge is 0.364 e. The molecule has 2 nitrogen and oxygen atoms in total. The topological polar surface area (TPSA) is 21.3 Å². The summed E-state index contributed by atoms with van der Waals surface area (Å²) in [6, 6.07) is 0. The van der Waals surface area contributed by atoms with Gasteiger partial charge in [-0.2, -0.15) is 0 Å². The molecule has 1 aliphatic carbocycles. The van der Waals surface area contributed by atoms with Gasteiger partial charge in [0.2, 0.25) is 0 Å². The standard InChI is InChI=1S/C9H19NO/c1-10-9(11-2)7-5-3-4-6-8-9/h10H,3-8H2,1-2H3. The summed E-state index contributed by atoms with van der Waals surface area (Å²) >= 11 is 0. The maximum atomic E-state index is 5.50. The number of ether oxygens (including phenoxy) is 1. The molecular weight excluding hydrogens is 138 g/mol. The molecule has 0 aromatic rings. The summed E-state index contributed by atoms with van der Waals surface area (Å²) in [5, 5.41) is 3.28. The molecule has 0 radical (unpaired) electrons. The summed E-state index contributed by atoms with van der Waals surface area (Å²) in [4.78, 5) is 0. The lowest BCUT2D eigenvalue weighted by molar-refractivity contribution is -0.0452. The third-order valence-corrected chi connectivity index (χ3v) is 2.76. The molecule has 0 aromatic heterocycles. The molecule has 1 aliphatic rings. The fraction of sp³-hybridized carbons (Fsp3) is 1.00. The molecule has 0 saturated heterocycles.